The largest absolute Gasteiger partial charge is 0.348 e. The minimum Gasteiger partial charge on any atom is -0.348 e. The molecule has 0 fully saturated rings. The van der Waals surface area contributed by atoms with Gasteiger partial charge < -0.3 is 10.0 Å². The molecule has 0 unspecified atom stereocenters. The van der Waals surface area contributed by atoms with E-state index in [4.69, 9.17) is 0 Å². The SMILES string of the molecule is Cc1ccc(SNc2cc(F)cc(C(=O)NCc3cccnc3)c2)cc1. The Hall–Kier alpha value is -2.86. The van der Waals surface area contributed by atoms with E-state index in [1.54, 1.807) is 24.5 Å². The summed E-state index contributed by atoms with van der Waals surface area (Å²) in [6.07, 6.45) is 3.35. The second-order valence-electron chi connectivity index (χ2n) is 5.79. The highest BCUT2D eigenvalue weighted by molar-refractivity contribution is 8.00. The monoisotopic (exact) mass is 367 g/mol. The number of carbonyl (C=O) groups excluding carboxylic acids is 1. The number of nitrogens with zero attached hydrogens (tertiary/aromatic N) is 1. The highest BCUT2D eigenvalue weighted by atomic mass is 32.2. The predicted octanol–water partition coefficient (Wildman–Crippen LogP) is 4.58. The van der Waals surface area contributed by atoms with Crippen LogP contribution in [0.5, 0.6) is 0 Å². The first-order valence-electron chi connectivity index (χ1n) is 8.07. The summed E-state index contributed by atoms with van der Waals surface area (Å²) in [6.45, 7) is 2.36. The van der Waals surface area contributed by atoms with Crippen LogP contribution in [-0.4, -0.2) is 10.9 Å². The summed E-state index contributed by atoms with van der Waals surface area (Å²) >= 11 is 1.36. The van der Waals surface area contributed by atoms with Crippen LogP contribution in [0.25, 0.3) is 0 Å². The number of amides is 1. The van der Waals surface area contributed by atoms with Crippen molar-refractivity contribution in [1.82, 2.24) is 10.3 Å². The van der Waals surface area contributed by atoms with Crippen LogP contribution >= 0.6 is 11.9 Å². The van der Waals surface area contributed by atoms with Gasteiger partial charge in [0.2, 0.25) is 0 Å². The van der Waals surface area contributed by atoms with Gasteiger partial charge in [0, 0.05) is 35.1 Å². The lowest BCUT2D eigenvalue weighted by atomic mass is 10.2. The molecule has 2 N–H and O–H groups in total. The van der Waals surface area contributed by atoms with Gasteiger partial charge in [-0.1, -0.05) is 23.8 Å². The topological polar surface area (TPSA) is 54.0 Å². The van der Waals surface area contributed by atoms with E-state index in [-0.39, 0.29) is 11.5 Å². The quantitative estimate of drug-likeness (QED) is 0.626. The van der Waals surface area contributed by atoms with Crippen LogP contribution in [0.4, 0.5) is 10.1 Å². The Kier molecular flexibility index (Phi) is 5.86. The van der Waals surface area contributed by atoms with Crippen molar-refractivity contribution in [3.8, 4) is 0 Å². The summed E-state index contributed by atoms with van der Waals surface area (Å²) in [5.41, 5.74) is 2.85. The van der Waals surface area contributed by atoms with Crippen molar-refractivity contribution in [3.05, 3.63) is 89.5 Å². The number of benzene rings is 2. The van der Waals surface area contributed by atoms with Gasteiger partial charge in [-0.05, 0) is 60.8 Å². The van der Waals surface area contributed by atoms with Crippen molar-refractivity contribution in [2.24, 2.45) is 0 Å². The number of aromatic nitrogens is 1. The van der Waals surface area contributed by atoms with Crippen LogP contribution in [0.1, 0.15) is 21.5 Å². The summed E-state index contributed by atoms with van der Waals surface area (Å²) in [7, 11) is 0. The second kappa shape index (κ2) is 8.49. The highest BCUT2D eigenvalue weighted by Crippen LogP contribution is 2.23. The number of aryl methyl sites for hydroxylation is 1. The maximum Gasteiger partial charge on any atom is 0.251 e. The first kappa shape index (κ1) is 17.9. The molecular formula is C20H18FN3OS. The number of rotatable bonds is 6. The fraction of sp³-hybridized carbons (Fsp3) is 0.100. The zero-order valence-corrected chi connectivity index (χ0v) is 15.0. The molecule has 0 radical (unpaired) electrons. The van der Waals surface area contributed by atoms with Crippen molar-refractivity contribution >= 4 is 23.5 Å². The van der Waals surface area contributed by atoms with E-state index < -0.39 is 5.82 Å². The third-order valence-electron chi connectivity index (χ3n) is 3.64. The van der Waals surface area contributed by atoms with Crippen LogP contribution in [-0.2, 0) is 6.54 Å². The van der Waals surface area contributed by atoms with Gasteiger partial charge in [-0.15, -0.1) is 0 Å². The molecule has 0 spiro atoms. The van der Waals surface area contributed by atoms with E-state index >= 15 is 0 Å². The van der Waals surface area contributed by atoms with Crippen LogP contribution < -0.4 is 10.0 Å². The third kappa shape index (κ3) is 5.07. The molecule has 0 aliphatic carbocycles. The number of hydrogen-bond donors (Lipinski definition) is 2. The molecule has 3 rings (SSSR count). The molecule has 0 bridgehead atoms. The first-order chi connectivity index (χ1) is 12.6. The van der Waals surface area contributed by atoms with Crippen molar-refractivity contribution in [3.63, 3.8) is 0 Å². The van der Waals surface area contributed by atoms with Gasteiger partial charge in [-0.25, -0.2) is 4.39 Å². The molecule has 0 atom stereocenters. The fourth-order valence-electron chi connectivity index (χ4n) is 2.29. The molecule has 0 saturated heterocycles. The lowest BCUT2D eigenvalue weighted by Crippen LogP contribution is -2.23. The molecule has 6 heteroatoms. The lowest BCUT2D eigenvalue weighted by Gasteiger charge is -2.09. The van der Waals surface area contributed by atoms with Gasteiger partial charge in [-0.2, -0.15) is 0 Å². The number of nitrogens with one attached hydrogen (secondary N) is 2. The average molecular weight is 367 g/mol. The Morgan fingerprint density at radius 3 is 2.69 bits per heavy atom. The molecule has 3 aromatic rings. The van der Waals surface area contributed by atoms with E-state index in [2.05, 4.69) is 15.0 Å². The Morgan fingerprint density at radius 1 is 1.15 bits per heavy atom. The molecular weight excluding hydrogens is 349 g/mol. The summed E-state index contributed by atoms with van der Waals surface area (Å²) in [4.78, 5) is 17.3. The molecule has 26 heavy (non-hydrogen) atoms. The van der Waals surface area contributed by atoms with Crippen LogP contribution in [0.2, 0.25) is 0 Å². The summed E-state index contributed by atoms with van der Waals surface area (Å²) in [5.74, 6) is -0.803. The average Bonchev–Trinajstić information content (AvgIpc) is 2.66. The van der Waals surface area contributed by atoms with E-state index in [9.17, 15) is 9.18 Å². The number of halogens is 1. The van der Waals surface area contributed by atoms with E-state index in [1.807, 2.05) is 37.3 Å². The van der Waals surface area contributed by atoms with Crippen LogP contribution in [0.15, 0.2) is 71.9 Å². The zero-order chi connectivity index (χ0) is 18.4. The van der Waals surface area contributed by atoms with Crippen molar-refractivity contribution in [2.45, 2.75) is 18.4 Å². The Balaban J connectivity index is 1.64. The number of anilines is 1. The maximum absolute atomic E-state index is 13.9. The van der Waals surface area contributed by atoms with Gasteiger partial charge in [0.15, 0.2) is 0 Å². The zero-order valence-electron chi connectivity index (χ0n) is 14.2. The third-order valence-corrected chi connectivity index (χ3v) is 4.49. The summed E-state index contributed by atoms with van der Waals surface area (Å²) in [6, 6.07) is 15.8. The van der Waals surface area contributed by atoms with Crippen molar-refractivity contribution in [2.75, 3.05) is 4.72 Å². The smallest absolute Gasteiger partial charge is 0.251 e. The normalized spacial score (nSPS) is 10.4. The molecule has 0 saturated carbocycles. The minimum atomic E-state index is -0.467. The second-order valence-corrected chi connectivity index (χ2v) is 6.67. The number of carbonyl (C=O) groups is 1. The first-order valence-corrected chi connectivity index (χ1v) is 8.89. The number of hydrogen-bond acceptors (Lipinski definition) is 4. The lowest BCUT2D eigenvalue weighted by molar-refractivity contribution is 0.0950. The molecule has 1 amide bonds. The van der Waals surface area contributed by atoms with Gasteiger partial charge in [0.25, 0.3) is 5.91 Å². The van der Waals surface area contributed by atoms with Gasteiger partial charge >= 0.3 is 0 Å². The molecule has 132 valence electrons. The fourth-order valence-corrected chi connectivity index (χ4v) is 2.92. The standard InChI is InChI=1S/C20H18FN3OS/c1-14-4-6-19(7-5-14)26-24-18-10-16(9-17(21)11-18)20(25)23-13-15-3-2-8-22-12-15/h2-12,24H,13H2,1H3,(H,23,25). The summed E-state index contributed by atoms with van der Waals surface area (Å²) < 4.78 is 17.0. The molecule has 2 aromatic carbocycles. The van der Waals surface area contributed by atoms with Gasteiger partial charge in [0.1, 0.15) is 5.82 Å². The van der Waals surface area contributed by atoms with E-state index in [1.165, 1.54) is 29.6 Å². The Morgan fingerprint density at radius 2 is 1.96 bits per heavy atom. The van der Waals surface area contributed by atoms with E-state index in [0.717, 1.165) is 10.5 Å². The van der Waals surface area contributed by atoms with Crippen molar-refractivity contribution in [1.29, 1.82) is 0 Å². The van der Waals surface area contributed by atoms with Crippen LogP contribution in [0.3, 0.4) is 0 Å². The predicted molar refractivity (Wildman–Crippen MR) is 102 cm³/mol. The molecule has 4 nitrogen and oxygen atoms in total. The molecule has 1 aromatic heterocycles. The highest BCUT2D eigenvalue weighted by Gasteiger charge is 2.09. The Labute approximate surface area is 156 Å². The molecule has 0 aliphatic heterocycles. The van der Waals surface area contributed by atoms with Crippen molar-refractivity contribution < 1.29 is 9.18 Å². The summed E-state index contributed by atoms with van der Waals surface area (Å²) in [5, 5.41) is 2.77. The van der Waals surface area contributed by atoms with Gasteiger partial charge in [-0.3, -0.25) is 9.78 Å². The Bertz CT molecular complexity index is 885. The molecule has 0 aliphatic rings. The molecule has 1 heterocycles. The number of pyridine rings is 1. The van der Waals surface area contributed by atoms with Gasteiger partial charge in [0.05, 0.1) is 0 Å². The van der Waals surface area contributed by atoms with E-state index in [0.29, 0.717) is 12.2 Å². The minimum absolute atomic E-state index is 0.265. The maximum atomic E-state index is 13.9. The van der Waals surface area contributed by atoms with Crippen LogP contribution in [0, 0.1) is 12.7 Å².